The van der Waals surface area contributed by atoms with E-state index in [1.807, 2.05) is 101 Å². The number of nitrogens with zero attached hydrogens (tertiary/aromatic N) is 7. The van der Waals surface area contributed by atoms with Crippen LogP contribution >= 0.6 is 22.9 Å². The quantitative estimate of drug-likeness (QED) is 0.0278. The maximum Gasteiger partial charge on any atom is 0.319 e. The Kier molecular flexibility index (Phi) is 22.6. The Morgan fingerprint density at radius 3 is 2.25 bits per heavy atom. The first-order chi connectivity index (χ1) is 40.8. The number of ether oxygens (including phenoxy) is 5. The number of carbonyl (C=O) groups is 4. The summed E-state index contributed by atoms with van der Waals surface area (Å²) in [4.78, 5) is 75.1. The van der Waals surface area contributed by atoms with E-state index in [4.69, 9.17) is 40.3 Å². The van der Waals surface area contributed by atoms with Gasteiger partial charge in [-0.1, -0.05) is 87.5 Å². The summed E-state index contributed by atoms with van der Waals surface area (Å²) in [6, 6.07) is 17.7. The lowest BCUT2D eigenvalue weighted by Gasteiger charge is -2.35. The predicted octanol–water partition coefficient (Wildman–Crippen LogP) is 7.35. The number of hydrogen-bond donors (Lipinski definition) is 4. The number of β-amino-alcohol motifs (C(OH)–C–C–N with tert-alkyl or cyclic N) is 1. The van der Waals surface area contributed by atoms with Gasteiger partial charge in [0.15, 0.2) is 5.82 Å². The third kappa shape index (κ3) is 16.8. The zero-order chi connectivity index (χ0) is 60.8. The molecule has 4 N–H and O–H groups in total. The lowest BCUT2D eigenvalue weighted by molar-refractivity contribution is -0.144. The molecule has 2 fully saturated rings. The summed E-state index contributed by atoms with van der Waals surface area (Å²) < 4.78 is 45.7. The molecule has 4 aromatic carbocycles. The van der Waals surface area contributed by atoms with E-state index >= 15 is 4.39 Å². The average Bonchev–Trinajstić information content (AvgIpc) is 1.75. The van der Waals surface area contributed by atoms with Crippen molar-refractivity contribution in [2.75, 3.05) is 117 Å². The van der Waals surface area contributed by atoms with Crippen LogP contribution in [-0.4, -0.2) is 194 Å². The Balaban J connectivity index is 0.704. The van der Waals surface area contributed by atoms with Crippen molar-refractivity contribution in [3.8, 4) is 33.3 Å². The molecule has 2 aliphatic heterocycles. The van der Waals surface area contributed by atoms with E-state index in [2.05, 4.69) is 32.1 Å². The van der Waals surface area contributed by atoms with E-state index in [0.29, 0.717) is 101 Å². The number of thiazole rings is 1. The minimum absolute atomic E-state index is 0.00159. The molecule has 20 nitrogen and oxygen atoms in total. The second-order valence-electron chi connectivity index (χ2n) is 22.3. The molecule has 2 saturated heterocycles. The number of likely N-dealkylation sites (N-methyl/N-ethyl adjacent to an activating group) is 1. The maximum atomic E-state index is 17.0. The lowest BCUT2D eigenvalue weighted by atomic mass is 9.85. The Morgan fingerprint density at radius 2 is 1.58 bits per heavy atom. The van der Waals surface area contributed by atoms with Gasteiger partial charge in [0.25, 0.3) is 0 Å². The Bertz CT molecular complexity index is 3290. The fourth-order valence-corrected chi connectivity index (χ4v) is 11.5. The zero-order valence-electron chi connectivity index (χ0n) is 49.1. The van der Waals surface area contributed by atoms with Crippen molar-refractivity contribution in [2.45, 2.75) is 71.7 Å². The number of phenols is 1. The van der Waals surface area contributed by atoms with Crippen molar-refractivity contribution in [3.63, 3.8) is 0 Å². The van der Waals surface area contributed by atoms with Gasteiger partial charge in [-0.05, 0) is 84.5 Å². The van der Waals surface area contributed by atoms with Gasteiger partial charge in [0, 0.05) is 63.2 Å². The number of fused-ring (bicyclic) bond motifs is 2. The number of aliphatic hydroxyl groups is 1. The number of carbonyl (C=O) groups excluding carboxylic acids is 4. The van der Waals surface area contributed by atoms with Crippen molar-refractivity contribution in [1.82, 2.24) is 40.3 Å². The first kappa shape index (κ1) is 64.1. The number of phenolic OH excluding ortho intramolecular Hbond substituents is 1. The number of aliphatic hydroxyl groups excluding tert-OH is 1. The lowest BCUT2D eigenvalue weighted by Crippen LogP contribution is -2.58. The molecule has 85 heavy (non-hydrogen) atoms. The molecule has 8 rings (SSSR count). The topological polar surface area (TPSA) is 231 Å². The fraction of sp³-hybridized carbons (Fsp3) is 0.468. The summed E-state index contributed by atoms with van der Waals surface area (Å²) in [6.07, 6.45) is 1.08. The van der Waals surface area contributed by atoms with Crippen LogP contribution in [0.4, 0.5) is 10.2 Å². The second-order valence-corrected chi connectivity index (χ2v) is 23.5. The number of amides is 4. The molecule has 2 aliphatic rings. The maximum absolute atomic E-state index is 17.0. The highest BCUT2D eigenvalue weighted by atomic mass is 35.5. The predicted molar refractivity (Wildman–Crippen MR) is 325 cm³/mol. The fourth-order valence-electron chi connectivity index (χ4n) is 10.4. The Hall–Kier alpha value is -6.89. The first-order valence-corrected chi connectivity index (χ1v) is 29.9. The first-order valence-electron chi connectivity index (χ1n) is 28.6. The summed E-state index contributed by atoms with van der Waals surface area (Å²) in [6.45, 7) is 18.0. The molecule has 0 radical (unpaired) electrons. The number of anilines is 1. The van der Waals surface area contributed by atoms with Crippen LogP contribution in [0, 0.1) is 18.2 Å². The molecule has 2 aromatic heterocycles. The van der Waals surface area contributed by atoms with Crippen molar-refractivity contribution >= 4 is 74.1 Å². The van der Waals surface area contributed by atoms with Crippen molar-refractivity contribution < 1.29 is 57.5 Å². The van der Waals surface area contributed by atoms with Gasteiger partial charge in [0.05, 0.1) is 86.1 Å². The van der Waals surface area contributed by atoms with E-state index in [1.165, 1.54) is 17.0 Å². The number of benzene rings is 4. The van der Waals surface area contributed by atoms with E-state index in [9.17, 15) is 29.4 Å². The van der Waals surface area contributed by atoms with Crippen LogP contribution in [-0.2, 0) is 38.1 Å². The standard InChI is InChI=1S/C62H77ClFN9O11S/c1-8-52(77)71-19-21-72(22-20-71)58-48-35-49(63)53(47-33-44(74)32-43-12-9-10-13-46(43)47)54(64)55(48)68-61(69-58)84-24-11-18-70(7)23-25-80-26-27-81-28-29-82-30-31-83-37-51(76)67-57(62(4,5)6)60(79)73-36-45(75)34-50(73)59(78)66-39(2)41-14-16-42(17-15-41)56-40(3)65-38-85-56/h8-10,12-17,32-33,35,38-39,45,50,57,74-75H,1,11,18-31,34,36-37H2,2-7H3,(H,66,78)(H,67,76)/t39-,45+,50-,57+/m0/s1. The van der Waals surface area contributed by atoms with E-state index in [0.717, 1.165) is 27.1 Å². The molecule has 456 valence electrons. The number of rotatable bonds is 28. The number of aryl methyl sites for hydroxylation is 1. The highest BCUT2D eigenvalue weighted by Gasteiger charge is 2.45. The molecule has 4 amide bonds. The molecule has 4 atom stereocenters. The minimum Gasteiger partial charge on any atom is -0.508 e. The molecule has 0 aliphatic carbocycles. The van der Waals surface area contributed by atoms with Gasteiger partial charge in [0.2, 0.25) is 23.6 Å². The monoisotopic (exact) mass is 1210 g/mol. The van der Waals surface area contributed by atoms with Gasteiger partial charge in [-0.15, -0.1) is 11.3 Å². The van der Waals surface area contributed by atoms with Crippen LogP contribution in [0.1, 0.15) is 57.8 Å². The van der Waals surface area contributed by atoms with Crippen molar-refractivity contribution in [3.05, 3.63) is 107 Å². The van der Waals surface area contributed by atoms with Crippen LogP contribution in [0.5, 0.6) is 11.8 Å². The van der Waals surface area contributed by atoms with Gasteiger partial charge in [-0.25, -0.2) is 9.37 Å². The molecule has 0 spiro atoms. The number of hydrogen-bond acceptors (Lipinski definition) is 17. The van der Waals surface area contributed by atoms with Gasteiger partial charge in [-0.3, -0.25) is 19.2 Å². The van der Waals surface area contributed by atoms with Crippen LogP contribution in [0.25, 0.3) is 43.2 Å². The van der Waals surface area contributed by atoms with Crippen LogP contribution < -0.4 is 20.3 Å². The van der Waals surface area contributed by atoms with Crippen molar-refractivity contribution in [2.24, 2.45) is 5.41 Å². The van der Waals surface area contributed by atoms with E-state index in [-0.39, 0.29) is 85.1 Å². The van der Waals surface area contributed by atoms with Gasteiger partial charge >= 0.3 is 6.01 Å². The van der Waals surface area contributed by atoms with Crippen LogP contribution in [0.2, 0.25) is 5.02 Å². The third-order valence-corrected chi connectivity index (χ3v) is 16.2. The van der Waals surface area contributed by atoms with Gasteiger partial charge < -0.3 is 64.1 Å². The number of piperazine rings is 1. The molecule has 0 bridgehead atoms. The largest absolute Gasteiger partial charge is 0.508 e. The Labute approximate surface area is 504 Å². The Morgan fingerprint density at radius 1 is 0.894 bits per heavy atom. The minimum atomic E-state index is -0.992. The highest BCUT2D eigenvalue weighted by molar-refractivity contribution is 7.13. The smallest absolute Gasteiger partial charge is 0.319 e. The zero-order valence-corrected chi connectivity index (χ0v) is 50.7. The van der Waals surface area contributed by atoms with Crippen LogP contribution in [0.15, 0.2) is 84.9 Å². The third-order valence-electron chi connectivity index (χ3n) is 15.0. The molecule has 0 saturated carbocycles. The second kappa shape index (κ2) is 30.0. The summed E-state index contributed by atoms with van der Waals surface area (Å²) in [5, 5.41) is 29.0. The molecular formula is C62H77ClFN9O11S. The summed E-state index contributed by atoms with van der Waals surface area (Å²) in [7, 11) is 1.97. The number of halogens is 2. The number of nitrogens with one attached hydrogen (secondary N) is 2. The summed E-state index contributed by atoms with van der Waals surface area (Å²) in [5.74, 6) is -1.79. The van der Waals surface area contributed by atoms with Crippen LogP contribution in [0.3, 0.4) is 0 Å². The molecule has 23 heteroatoms. The summed E-state index contributed by atoms with van der Waals surface area (Å²) in [5.41, 5.74) is 4.49. The van der Waals surface area contributed by atoms with Crippen molar-refractivity contribution in [1.29, 1.82) is 0 Å². The van der Waals surface area contributed by atoms with Gasteiger partial charge in [0.1, 0.15) is 35.8 Å². The molecule has 6 aromatic rings. The number of aromatic hydroxyl groups is 1. The van der Waals surface area contributed by atoms with Gasteiger partial charge in [-0.2, -0.15) is 9.97 Å². The van der Waals surface area contributed by atoms with E-state index < -0.39 is 41.2 Å². The summed E-state index contributed by atoms with van der Waals surface area (Å²) >= 11 is 8.45. The molecular weight excluding hydrogens is 1130 g/mol. The number of likely N-dealkylation sites (tertiary alicyclic amines) is 1. The molecule has 0 unspecified atom stereocenters. The normalized spacial score (nSPS) is 16.3. The SMILES string of the molecule is C=CC(=O)N1CCN(c2nc(OCCCN(C)CCOCCOCCOCCOCC(=O)N[C@H](C(=O)N3C[C@H](O)C[C@H]3C(=O)N[C@@H](C)c3ccc(-c4scnc4C)cc3)C(C)(C)C)nc3c(F)c(-c4cc(O)cc5ccccc45)c(Cl)cc23)CC1. The highest BCUT2D eigenvalue weighted by Crippen LogP contribution is 2.43. The molecule has 4 heterocycles. The van der Waals surface area contributed by atoms with E-state index in [1.54, 1.807) is 28.4 Å². The number of aromatic nitrogens is 3. The average molecular weight is 1210 g/mol.